The molecule has 0 radical (unpaired) electrons. The first-order valence-corrected chi connectivity index (χ1v) is 6.62. The van der Waals surface area contributed by atoms with Crippen molar-refractivity contribution in [3.05, 3.63) is 0 Å². The summed E-state index contributed by atoms with van der Waals surface area (Å²) in [6.45, 7) is 10.3. The summed E-state index contributed by atoms with van der Waals surface area (Å²) >= 11 is 0. The zero-order valence-corrected chi connectivity index (χ0v) is 11.7. The van der Waals surface area contributed by atoms with Crippen LogP contribution in [0.25, 0.3) is 0 Å². The maximum Gasteiger partial charge on any atom is 0.157 e. The average Bonchev–Trinajstić information content (AvgIpc) is 2.16. The lowest BCUT2D eigenvalue weighted by molar-refractivity contribution is -0.166. The van der Waals surface area contributed by atoms with Gasteiger partial charge in [0.2, 0.25) is 0 Å². The summed E-state index contributed by atoms with van der Waals surface area (Å²) in [5, 5.41) is 18.8. The summed E-state index contributed by atoms with van der Waals surface area (Å²) in [7, 11) is 0. The third kappa shape index (κ3) is 4.42. The van der Waals surface area contributed by atoms with Crippen LogP contribution in [-0.2, 0) is 0 Å². The molecule has 0 unspecified atom stereocenters. The van der Waals surface area contributed by atoms with Gasteiger partial charge < -0.3 is 10.2 Å². The zero-order valence-electron chi connectivity index (χ0n) is 11.7. The topological polar surface area (TPSA) is 40.5 Å². The Morgan fingerprint density at radius 2 is 1.38 bits per heavy atom. The third-order valence-corrected chi connectivity index (χ3v) is 4.30. The van der Waals surface area contributed by atoms with Crippen LogP contribution in [0, 0.1) is 10.8 Å². The van der Waals surface area contributed by atoms with Crippen molar-refractivity contribution in [3.63, 3.8) is 0 Å². The van der Waals surface area contributed by atoms with Crippen molar-refractivity contribution in [1.29, 1.82) is 0 Å². The molecule has 0 saturated heterocycles. The van der Waals surface area contributed by atoms with Crippen molar-refractivity contribution in [2.45, 2.75) is 79.4 Å². The molecule has 0 bridgehead atoms. The fourth-order valence-corrected chi connectivity index (χ4v) is 1.84. The van der Waals surface area contributed by atoms with Crippen molar-refractivity contribution in [2.75, 3.05) is 0 Å². The van der Waals surface area contributed by atoms with Crippen molar-refractivity contribution in [3.8, 4) is 0 Å². The highest BCUT2D eigenvalue weighted by Gasteiger charge is 2.41. The Bertz CT molecular complexity index is 183. The lowest BCUT2D eigenvalue weighted by Gasteiger charge is -2.43. The normalized spacial score (nSPS) is 13.5. The van der Waals surface area contributed by atoms with Crippen LogP contribution in [0.4, 0.5) is 0 Å². The predicted octanol–water partition coefficient (Wildman–Crippen LogP) is 3.71. The minimum Gasteiger partial charge on any atom is -0.368 e. The molecule has 0 aliphatic rings. The van der Waals surface area contributed by atoms with Gasteiger partial charge in [-0.3, -0.25) is 0 Å². The molecular weight excluding hydrogens is 200 g/mol. The van der Waals surface area contributed by atoms with Gasteiger partial charge in [-0.2, -0.15) is 0 Å². The smallest absolute Gasteiger partial charge is 0.157 e. The SMILES string of the molecule is CCCCCCCC(C)(C)C(C)(C)C(O)O. The quantitative estimate of drug-likeness (QED) is 0.493. The first-order chi connectivity index (χ1) is 7.25. The highest BCUT2D eigenvalue weighted by Crippen LogP contribution is 2.44. The van der Waals surface area contributed by atoms with Crippen LogP contribution in [-0.4, -0.2) is 16.5 Å². The summed E-state index contributed by atoms with van der Waals surface area (Å²) in [6, 6.07) is 0. The standard InChI is InChI=1S/C14H30O2/c1-6-7-8-9-10-11-13(2,3)14(4,5)12(15)16/h12,15-16H,6-11H2,1-5H3. The number of aliphatic hydroxyl groups excluding tert-OH is 1. The second kappa shape index (κ2) is 6.61. The number of unbranched alkanes of at least 4 members (excludes halogenated alkanes) is 4. The Morgan fingerprint density at radius 1 is 0.875 bits per heavy atom. The summed E-state index contributed by atoms with van der Waals surface area (Å²) in [5.74, 6) is 0. The predicted molar refractivity (Wildman–Crippen MR) is 69.2 cm³/mol. The van der Waals surface area contributed by atoms with E-state index in [-0.39, 0.29) is 5.41 Å². The molecule has 0 aromatic carbocycles. The molecule has 2 nitrogen and oxygen atoms in total. The molecule has 0 aliphatic carbocycles. The molecule has 0 atom stereocenters. The van der Waals surface area contributed by atoms with E-state index in [4.69, 9.17) is 0 Å². The van der Waals surface area contributed by atoms with Crippen molar-refractivity contribution in [2.24, 2.45) is 10.8 Å². The fourth-order valence-electron chi connectivity index (χ4n) is 1.84. The van der Waals surface area contributed by atoms with Gasteiger partial charge >= 0.3 is 0 Å². The van der Waals surface area contributed by atoms with E-state index in [0.717, 1.165) is 6.42 Å². The number of hydrogen-bond donors (Lipinski definition) is 2. The lowest BCUT2D eigenvalue weighted by Crippen LogP contribution is -2.42. The Balaban J connectivity index is 4.04. The molecule has 0 saturated carbocycles. The minimum atomic E-state index is -1.24. The van der Waals surface area contributed by atoms with E-state index in [9.17, 15) is 10.2 Å². The average molecular weight is 230 g/mol. The highest BCUT2D eigenvalue weighted by molar-refractivity contribution is 4.87. The van der Waals surface area contributed by atoms with E-state index in [1.807, 2.05) is 13.8 Å². The minimum absolute atomic E-state index is 0.0343. The molecule has 0 aromatic rings. The molecule has 0 heterocycles. The largest absolute Gasteiger partial charge is 0.368 e. The molecule has 0 aromatic heterocycles. The van der Waals surface area contributed by atoms with Gasteiger partial charge in [-0.15, -0.1) is 0 Å². The van der Waals surface area contributed by atoms with Crippen molar-refractivity contribution in [1.82, 2.24) is 0 Å². The Hall–Kier alpha value is -0.0800. The van der Waals surface area contributed by atoms with Gasteiger partial charge in [0.15, 0.2) is 6.29 Å². The van der Waals surface area contributed by atoms with E-state index in [2.05, 4.69) is 20.8 Å². The van der Waals surface area contributed by atoms with Gasteiger partial charge in [0.25, 0.3) is 0 Å². The molecule has 2 N–H and O–H groups in total. The molecule has 98 valence electrons. The van der Waals surface area contributed by atoms with E-state index in [1.54, 1.807) is 0 Å². The molecule has 0 aliphatic heterocycles. The first-order valence-electron chi connectivity index (χ1n) is 6.62. The van der Waals surface area contributed by atoms with Gasteiger partial charge in [-0.05, 0) is 11.8 Å². The highest BCUT2D eigenvalue weighted by atomic mass is 16.5. The maximum absolute atomic E-state index is 9.41. The van der Waals surface area contributed by atoms with Crippen molar-refractivity contribution < 1.29 is 10.2 Å². The Labute approximate surface area is 101 Å². The molecule has 16 heavy (non-hydrogen) atoms. The molecule has 0 spiro atoms. The molecule has 0 rings (SSSR count). The summed E-state index contributed by atoms with van der Waals surface area (Å²) in [6.07, 6.45) is 6.14. The van der Waals surface area contributed by atoms with E-state index in [1.165, 1.54) is 32.1 Å². The lowest BCUT2D eigenvalue weighted by atomic mass is 9.65. The van der Waals surface area contributed by atoms with Gasteiger partial charge in [-0.25, -0.2) is 0 Å². The summed E-state index contributed by atoms with van der Waals surface area (Å²) in [4.78, 5) is 0. The van der Waals surface area contributed by atoms with Crippen LogP contribution in [0.15, 0.2) is 0 Å². The Kier molecular flexibility index (Phi) is 6.57. The van der Waals surface area contributed by atoms with Gasteiger partial charge in [0, 0.05) is 5.41 Å². The number of rotatable bonds is 8. The van der Waals surface area contributed by atoms with E-state index in [0.29, 0.717) is 0 Å². The van der Waals surface area contributed by atoms with Crippen LogP contribution >= 0.6 is 0 Å². The van der Waals surface area contributed by atoms with E-state index < -0.39 is 11.7 Å². The van der Waals surface area contributed by atoms with Gasteiger partial charge in [-0.1, -0.05) is 66.7 Å². The van der Waals surface area contributed by atoms with Crippen LogP contribution in [0.1, 0.15) is 73.1 Å². The zero-order chi connectivity index (χ0) is 12.8. The molecular formula is C14H30O2. The van der Waals surface area contributed by atoms with Crippen LogP contribution in [0.5, 0.6) is 0 Å². The van der Waals surface area contributed by atoms with Crippen LogP contribution < -0.4 is 0 Å². The van der Waals surface area contributed by atoms with Gasteiger partial charge in [0.1, 0.15) is 0 Å². The second-order valence-corrected chi connectivity index (χ2v) is 6.14. The molecule has 2 heteroatoms. The van der Waals surface area contributed by atoms with E-state index >= 15 is 0 Å². The second-order valence-electron chi connectivity index (χ2n) is 6.14. The fraction of sp³-hybridized carbons (Fsp3) is 1.00. The van der Waals surface area contributed by atoms with Crippen LogP contribution in [0.3, 0.4) is 0 Å². The molecule has 0 amide bonds. The molecule has 0 fully saturated rings. The Morgan fingerprint density at radius 3 is 1.81 bits per heavy atom. The number of aliphatic hydroxyl groups is 2. The van der Waals surface area contributed by atoms with Crippen LogP contribution in [0.2, 0.25) is 0 Å². The monoisotopic (exact) mass is 230 g/mol. The number of hydrogen-bond acceptors (Lipinski definition) is 2. The summed E-state index contributed by atoms with van der Waals surface area (Å²) in [5.41, 5.74) is -0.481. The van der Waals surface area contributed by atoms with Crippen molar-refractivity contribution >= 4 is 0 Å². The summed E-state index contributed by atoms with van der Waals surface area (Å²) < 4.78 is 0. The van der Waals surface area contributed by atoms with Gasteiger partial charge in [0.05, 0.1) is 0 Å². The first kappa shape index (κ1) is 15.9. The third-order valence-electron chi connectivity index (χ3n) is 4.30. The maximum atomic E-state index is 9.41.